The van der Waals surface area contributed by atoms with E-state index in [1.54, 1.807) is 4.68 Å². The van der Waals surface area contributed by atoms with Crippen LogP contribution in [0.15, 0.2) is 18.2 Å². The van der Waals surface area contributed by atoms with Crippen molar-refractivity contribution in [3.05, 3.63) is 46.0 Å². The minimum Gasteiger partial charge on any atom is -0.390 e. The number of hydrogen-bond donors (Lipinski definition) is 2. The van der Waals surface area contributed by atoms with Gasteiger partial charge in [-0.25, -0.2) is 9.18 Å². The molecule has 2 aliphatic rings. The van der Waals surface area contributed by atoms with E-state index >= 15 is 0 Å². The van der Waals surface area contributed by atoms with Gasteiger partial charge in [-0.2, -0.15) is 5.10 Å². The quantitative estimate of drug-likeness (QED) is 0.751. The monoisotopic (exact) mass is 407 g/mol. The lowest BCUT2D eigenvalue weighted by molar-refractivity contribution is 0.0795. The molecular formula is C18H19ClFN5O3. The number of amides is 3. The Labute approximate surface area is 165 Å². The number of halogens is 2. The Morgan fingerprint density at radius 1 is 1.39 bits per heavy atom. The molecular weight excluding hydrogens is 389 g/mol. The van der Waals surface area contributed by atoms with Crippen LogP contribution in [0.4, 0.5) is 14.9 Å². The Kier molecular flexibility index (Phi) is 4.82. The summed E-state index contributed by atoms with van der Waals surface area (Å²) in [7, 11) is 1.86. The van der Waals surface area contributed by atoms with Crippen LogP contribution in [-0.4, -0.2) is 62.9 Å². The Bertz CT molecular complexity index is 963. The van der Waals surface area contributed by atoms with Crippen molar-refractivity contribution in [1.29, 1.82) is 0 Å². The van der Waals surface area contributed by atoms with Crippen molar-refractivity contribution in [3.8, 4) is 0 Å². The number of carbonyl (C=O) groups excluding carboxylic acids is 2. The molecule has 0 unspecified atom stereocenters. The SMILES string of the molecule is CN1Cc2c3c(nn2C[C@@H](O)C1)CCN(C(=O)Nc1ccc(F)c(Cl)c1)C3=O. The molecule has 1 atom stereocenters. The fraction of sp³-hybridized carbons (Fsp3) is 0.389. The number of aliphatic hydroxyl groups excluding tert-OH is 1. The van der Waals surface area contributed by atoms with Crippen LogP contribution in [0.2, 0.25) is 5.02 Å². The van der Waals surface area contributed by atoms with E-state index in [1.807, 2.05) is 11.9 Å². The largest absolute Gasteiger partial charge is 0.390 e. The number of aliphatic hydroxyl groups is 1. The summed E-state index contributed by atoms with van der Waals surface area (Å²) in [4.78, 5) is 28.7. The lowest BCUT2D eigenvalue weighted by Gasteiger charge is -2.25. The number of aromatic nitrogens is 2. The summed E-state index contributed by atoms with van der Waals surface area (Å²) in [5, 5.41) is 17.0. The number of nitrogens with zero attached hydrogens (tertiary/aromatic N) is 4. The van der Waals surface area contributed by atoms with Gasteiger partial charge in [0.15, 0.2) is 0 Å². The molecule has 2 aliphatic heterocycles. The second-order valence-electron chi connectivity index (χ2n) is 7.07. The summed E-state index contributed by atoms with van der Waals surface area (Å²) in [5.41, 5.74) is 2.05. The maximum Gasteiger partial charge on any atom is 0.328 e. The first-order valence-electron chi connectivity index (χ1n) is 8.86. The van der Waals surface area contributed by atoms with E-state index in [1.165, 1.54) is 12.1 Å². The number of hydrogen-bond acceptors (Lipinski definition) is 5. The lowest BCUT2D eigenvalue weighted by Crippen LogP contribution is -2.44. The van der Waals surface area contributed by atoms with Gasteiger partial charge in [0.2, 0.25) is 0 Å². The van der Waals surface area contributed by atoms with E-state index in [4.69, 9.17) is 11.6 Å². The molecule has 8 nitrogen and oxygen atoms in total. The van der Waals surface area contributed by atoms with E-state index in [9.17, 15) is 19.1 Å². The summed E-state index contributed by atoms with van der Waals surface area (Å²) in [5.74, 6) is -1.02. The van der Waals surface area contributed by atoms with E-state index in [-0.39, 0.29) is 11.6 Å². The van der Waals surface area contributed by atoms with E-state index in [0.717, 1.165) is 11.0 Å². The number of urea groups is 1. The van der Waals surface area contributed by atoms with E-state index in [0.29, 0.717) is 48.7 Å². The van der Waals surface area contributed by atoms with Gasteiger partial charge in [-0.3, -0.25) is 19.3 Å². The number of rotatable bonds is 1. The molecule has 4 rings (SSSR count). The van der Waals surface area contributed by atoms with Crippen molar-refractivity contribution in [2.24, 2.45) is 0 Å². The molecule has 3 heterocycles. The van der Waals surface area contributed by atoms with Crippen molar-refractivity contribution in [2.75, 3.05) is 25.5 Å². The molecule has 0 bridgehead atoms. The van der Waals surface area contributed by atoms with Gasteiger partial charge >= 0.3 is 6.03 Å². The van der Waals surface area contributed by atoms with E-state index < -0.39 is 23.9 Å². The molecule has 10 heteroatoms. The van der Waals surface area contributed by atoms with Crippen LogP contribution in [0.5, 0.6) is 0 Å². The third-order valence-electron chi connectivity index (χ3n) is 4.90. The Morgan fingerprint density at radius 2 is 2.18 bits per heavy atom. The molecule has 0 fully saturated rings. The van der Waals surface area contributed by atoms with Crippen LogP contribution in [0.25, 0.3) is 0 Å². The molecule has 1 aromatic heterocycles. The number of carbonyl (C=O) groups is 2. The molecule has 0 aliphatic carbocycles. The zero-order valence-corrected chi connectivity index (χ0v) is 15.9. The van der Waals surface area contributed by atoms with Crippen molar-refractivity contribution in [1.82, 2.24) is 19.6 Å². The van der Waals surface area contributed by atoms with Crippen molar-refractivity contribution < 1.29 is 19.1 Å². The molecule has 2 aromatic rings. The van der Waals surface area contributed by atoms with E-state index in [2.05, 4.69) is 10.4 Å². The van der Waals surface area contributed by atoms with Crippen LogP contribution in [0.1, 0.15) is 21.7 Å². The minimum atomic E-state index is -0.611. The van der Waals surface area contributed by atoms with Gasteiger partial charge in [0.25, 0.3) is 5.91 Å². The summed E-state index contributed by atoms with van der Waals surface area (Å²) in [6.45, 7) is 1.41. The molecule has 0 spiro atoms. The minimum absolute atomic E-state index is 0.117. The zero-order chi connectivity index (χ0) is 20.0. The first-order valence-corrected chi connectivity index (χ1v) is 9.24. The molecule has 0 saturated heterocycles. The lowest BCUT2D eigenvalue weighted by atomic mass is 10.0. The third-order valence-corrected chi connectivity index (χ3v) is 5.19. The highest BCUT2D eigenvalue weighted by atomic mass is 35.5. The number of likely N-dealkylation sites (N-methyl/N-ethyl adjacent to an activating group) is 1. The summed E-state index contributed by atoms with van der Waals surface area (Å²) >= 11 is 5.74. The van der Waals surface area contributed by atoms with Crippen LogP contribution in [0.3, 0.4) is 0 Å². The van der Waals surface area contributed by atoms with Crippen LogP contribution in [0, 0.1) is 5.82 Å². The number of anilines is 1. The fourth-order valence-electron chi connectivity index (χ4n) is 3.64. The molecule has 0 radical (unpaired) electrons. The Balaban J connectivity index is 1.59. The first-order chi connectivity index (χ1) is 13.3. The highest BCUT2D eigenvalue weighted by molar-refractivity contribution is 6.31. The van der Waals surface area contributed by atoms with Gasteiger partial charge in [-0.1, -0.05) is 11.6 Å². The van der Waals surface area contributed by atoms with Gasteiger partial charge in [0.1, 0.15) is 5.82 Å². The van der Waals surface area contributed by atoms with Crippen LogP contribution >= 0.6 is 11.6 Å². The second kappa shape index (κ2) is 7.16. The smallest absolute Gasteiger partial charge is 0.328 e. The summed E-state index contributed by atoms with van der Waals surface area (Å²) in [6, 6.07) is 3.20. The maximum absolute atomic E-state index is 13.3. The first kappa shape index (κ1) is 18.9. The van der Waals surface area contributed by atoms with Gasteiger partial charge < -0.3 is 10.4 Å². The highest BCUT2D eigenvalue weighted by Crippen LogP contribution is 2.26. The zero-order valence-electron chi connectivity index (χ0n) is 15.2. The van der Waals surface area contributed by atoms with Crippen molar-refractivity contribution in [3.63, 3.8) is 0 Å². The number of imide groups is 1. The van der Waals surface area contributed by atoms with Crippen molar-refractivity contribution in [2.45, 2.75) is 25.6 Å². The van der Waals surface area contributed by atoms with Gasteiger partial charge in [0, 0.05) is 31.7 Å². The molecule has 148 valence electrons. The number of β-amino-alcohol motifs (C(OH)–C–C–N with tert-alkyl or cyclic N) is 1. The van der Waals surface area contributed by atoms with Crippen LogP contribution in [-0.2, 0) is 19.5 Å². The highest BCUT2D eigenvalue weighted by Gasteiger charge is 2.36. The average molecular weight is 408 g/mol. The molecule has 1 aromatic carbocycles. The van der Waals surface area contributed by atoms with Gasteiger partial charge in [0.05, 0.1) is 34.6 Å². The number of benzene rings is 1. The fourth-order valence-corrected chi connectivity index (χ4v) is 3.82. The normalized spacial score (nSPS) is 19.8. The summed E-state index contributed by atoms with van der Waals surface area (Å²) < 4.78 is 15.0. The maximum atomic E-state index is 13.3. The molecule has 28 heavy (non-hydrogen) atoms. The predicted molar refractivity (Wildman–Crippen MR) is 99.7 cm³/mol. The van der Waals surface area contributed by atoms with Crippen molar-refractivity contribution >= 4 is 29.2 Å². The summed E-state index contributed by atoms with van der Waals surface area (Å²) in [6.07, 6.45) is -0.149. The number of nitrogens with one attached hydrogen (secondary N) is 1. The standard InChI is InChI=1S/C18H19ClFN5O3/c1-23-7-11(26)8-25-15(9-23)16-14(22-25)4-5-24(17(16)27)18(28)21-10-2-3-13(20)12(19)6-10/h2-3,6,11,26H,4-5,7-9H2,1H3,(H,21,28)/t11-/m0/s1. The molecule has 0 saturated carbocycles. The Morgan fingerprint density at radius 3 is 2.93 bits per heavy atom. The third kappa shape index (κ3) is 3.36. The second-order valence-corrected chi connectivity index (χ2v) is 7.47. The topological polar surface area (TPSA) is 90.7 Å². The van der Waals surface area contributed by atoms with Gasteiger partial charge in [-0.15, -0.1) is 0 Å². The average Bonchev–Trinajstić information content (AvgIpc) is 2.88. The van der Waals surface area contributed by atoms with Crippen LogP contribution < -0.4 is 5.32 Å². The molecule has 3 amide bonds. The Hall–Kier alpha value is -2.49. The van der Waals surface area contributed by atoms with Gasteiger partial charge in [-0.05, 0) is 25.2 Å². The number of fused-ring (bicyclic) bond motifs is 3. The molecule has 2 N–H and O–H groups in total. The predicted octanol–water partition coefficient (Wildman–Crippen LogP) is 1.71.